The van der Waals surface area contributed by atoms with Crippen molar-refractivity contribution in [1.29, 1.82) is 0 Å². The molecule has 1 fully saturated rings. The third-order valence-corrected chi connectivity index (χ3v) is 9.01. The molecule has 258 valence electrons. The number of hydrogen-bond donors (Lipinski definition) is 2. The summed E-state index contributed by atoms with van der Waals surface area (Å²) < 4.78 is 99.3. The van der Waals surface area contributed by atoms with E-state index in [2.05, 4.69) is 29.9 Å². The van der Waals surface area contributed by atoms with Gasteiger partial charge in [0, 0.05) is 56.9 Å². The number of nitrogens with zero attached hydrogens (tertiary/aromatic N) is 2. The molecule has 1 aliphatic rings. The smallest absolute Gasteiger partial charge is 0.417 e. The minimum atomic E-state index is -4.63. The molecule has 1 amide bonds. The minimum Gasteiger partial charge on any atom is -0.630 e. The summed E-state index contributed by atoms with van der Waals surface area (Å²) in [5.74, 6) is -3.27. The molecule has 3 heterocycles. The number of nitrogens with one attached hydrogen (secondary N) is 1. The van der Waals surface area contributed by atoms with Gasteiger partial charge in [-0.15, -0.1) is 0 Å². The maximum absolute atomic E-state index is 15.3. The molecule has 11 nitrogen and oxygen atoms in total. The van der Waals surface area contributed by atoms with Crippen molar-refractivity contribution in [1.82, 2.24) is 9.55 Å². The Hall–Kier alpha value is -4.13. The monoisotopic (exact) mass is 696 g/mol. The maximum atomic E-state index is 15.3. The van der Waals surface area contributed by atoms with Crippen molar-refractivity contribution in [3.8, 4) is 17.2 Å². The molecule has 17 heteroatoms. The summed E-state index contributed by atoms with van der Waals surface area (Å²) >= 11 is 0. The number of quaternary nitrogens is 1. The van der Waals surface area contributed by atoms with Crippen LogP contribution >= 0.6 is 0 Å². The molecule has 0 aliphatic carbocycles. The van der Waals surface area contributed by atoms with E-state index in [1.807, 2.05) is 0 Å². The highest BCUT2D eigenvalue weighted by Crippen LogP contribution is 2.44. The molecule has 1 saturated heterocycles. The van der Waals surface area contributed by atoms with E-state index in [-0.39, 0.29) is 53.7 Å². The number of pyridine rings is 1. The Morgan fingerprint density at radius 2 is 1.81 bits per heavy atom. The standard InChI is InChI=1S/C31H33F5N4O7Si/c1-48(2,3)11-10-43-18-40-14-22(30(15-44-16-30)45-17-31(34,35)36)26-25(8-9-37-28(26)40)47-27-23(32)12-20(13-24(27)33)38-29(41)46-21-6-4-19(39-42)5-7-21/h4-9,12-14H,10-11,15-18,39H2,1-3H3,(H,38,41). The van der Waals surface area contributed by atoms with Gasteiger partial charge in [0.25, 0.3) is 0 Å². The predicted molar refractivity (Wildman–Crippen MR) is 166 cm³/mol. The number of anilines is 1. The Balaban J connectivity index is 1.43. The molecule has 1 aliphatic heterocycles. The lowest BCUT2D eigenvalue weighted by atomic mass is 9.91. The lowest BCUT2D eigenvalue weighted by molar-refractivity contribution is -0.497. The van der Waals surface area contributed by atoms with E-state index in [0.717, 1.165) is 18.2 Å². The summed E-state index contributed by atoms with van der Waals surface area (Å²) in [4.78, 5) is 16.7. The number of carbonyl (C=O) groups is 1. The van der Waals surface area contributed by atoms with Crippen LogP contribution in [0.2, 0.25) is 25.7 Å². The molecule has 0 atom stereocenters. The largest absolute Gasteiger partial charge is 0.630 e. The predicted octanol–water partition coefficient (Wildman–Crippen LogP) is 6.53. The van der Waals surface area contributed by atoms with Crippen LogP contribution in [0.3, 0.4) is 0 Å². The number of nitrogens with two attached hydrogens (primary N) is 1. The summed E-state index contributed by atoms with van der Waals surface area (Å²) in [6.45, 7) is 5.01. The average Bonchev–Trinajstić information content (AvgIpc) is 3.35. The van der Waals surface area contributed by atoms with Crippen LogP contribution in [0.1, 0.15) is 5.56 Å². The summed E-state index contributed by atoms with van der Waals surface area (Å²) in [5, 5.41) is 13.2. The number of halogens is 5. The molecule has 2 aromatic carbocycles. The Kier molecular flexibility index (Phi) is 10.4. The van der Waals surface area contributed by atoms with E-state index in [1.54, 1.807) is 4.57 Å². The zero-order valence-corrected chi connectivity index (χ0v) is 27.2. The molecule has 48 heavy (non-hydrogen) atoms. The second kappa shape index (κ2) is 14.2. The van der Waals surface area contributed by atoms with Gasteiger partial charge in [0.15, 0.2) is 17.4 Å². The average molecular weight is 697 g/mol. The van der Waals surface area contributed by atoms with E-state index in [9.17, 15) is 23.2 Å². The highest BCUT2D eigenvalue weighted by molar-refractivity contribution is 6.76. The molecule has 0 bridgehead atoms. The van der Waals surface area contributed by atoms with Crippen LogP contribution in [0, 0.1) is 16.8 Å². The van der Waals surface area contributed by atoms with Crippen LogP contribution in [-0.4, -0.2) is 56.3 Å². The number of rotatable bonds is 13. The fourth-order valence-corrected chi connectivity index (χ4v) is 5.54. The van der Waals surface area contributed by atoms with Crippen LogP contribution < -0.4 is 20.3 Å². The quantitative estimate of drug-likeness (QED) is 0.0531. The molecule has 0 unspecified atom stereocenters. The number of benzene rings is 2. The zero-order chi connectivity index (χ0) is 34.7. The molecular formula is C31H33F5N4O7Si. The Bertz CT molecular complexity index is 1740. The van der Waals surface area contributed by atoms with Crippen molar-refractivity contribution >= 4 is 36.6 Å². The van der Waals surface area contributed by atoms with Gasteiger partial charge in [-0.1, -0.05) is 19.6 Å². The number of ether oxygens (including phenoxy) is 5. The summed E-state index contributed by atoms with van der Waals surface area (Å²) in [7, 11) is -1.42. The van der Waals surface area contributed by atoms with Gasteiger partial charge in [0.1, 0.15) is 41.8 Å². The normalized spacial score (nSPS) is 14.5. The van der Waals surface area contributed by atoms with Crippen LogP contribution in [0.5, 0.6) is 17.2 Å². The molecule has 4 aromatic rings. The summed E-state index contributed by atoms with van der Waals surface area (Å²) in [6, 6.07) is 9.36. The Labute approximate surface area is 272 Å². The number of hydrogen-bond acceptors (Lipinski definition) is 8. The summed E-state index contributed by atoms with van der Waals surface area (Å²) in [5.41, 5.74) is -0.433. The number of amides is 1. The van der Waals surface area contributed by atoms with Crippen molar-refractivity contribution in [2.24, 2.45) is 0 Å². The van der Waals surface area contributed by atoms with E-state index >= 15 is 8.78 Å². The van der Waals surface area contributed by atoms with Gasteiger partial charge in [-0.2, -0.15) is 13.2 Å². The first-order valence-corrected chi connectivity index (χ1v) is 18.4. The van der Waals surface area contributed by atoms with Crippen molar-refractivity contribution < 1.29 is 55.9 Å². The van der Waals surface area contributed by atoms with Gasteiger partial charge in [0.05, 0.1) is 24.3 Å². The molecule has 0 radical (unpaired) electrons. The van der Waals surface area contributed by atoms with Gasteiger partial charge < -0.3 is 38.9 Å². The molecule has 0 spiro atoms. The van der Waals surface area contributed by atoms with Crippen molar-refractivity contribution in [2.75, 3.05) is 31.7 Å². The second-order valence-electron chi connectivity index (χ2n) is 12.3. The van der Waals surface area contributed by atoms with Gasteiger partial charge in [-0.3, -0.25) is 5.32 Å². The number of fused-ring (bicyclic) bond motifs is 1. The number of aromatic nitrogens is 2. The van der Waals surface area contributed by atoms with Crippen LogP contribution in [0.4, 0.5) is 38.1 Å². The topological polar surface area (TPSA) is 133 Å². The minimum absolute atomic E-state index is 0.00589. The van der Waals surface area contributed by atoms with Crippen LogP contribution in [0.25, 0.3) is 11.0 Å². The van der Waals surface area contributed by atoms with E-state index < -0.39 is 49.9 Å². The number of alkyl halides is 3. The first kappa shape index (κ1) is 35.2. The Morgan fingerprint density at radius 3 is 2.40 bits per heavy atom. The lowest BCUT2D eigenvalue weighted by Crippen LogP contribution is -2.70. The SMILES string of the molecule is C[Si](C)(C)CCOCn1cc(C2(OCC(F)(F)F)COC2)c2c(Oc3c(F)cc(NC(=O)Oc4ccc([NH2+][O-])cc4)cc3F)ccnc21. The van der Waals surface area contributed by atoms with Gasteiger partial charge in [0.2, 0.25) is 0 Å². The fraction of sp³-hybridized carbons (Fsp3) is 0.355. The van der Waals surface area contributed by atoms with Crippen molar-refractivity contribution in [3.63, 3.8) is 0 Å². The fourth-order valence-electron chi connectivity index (χ4n) is 4.78. The Morgan fingerprint density at radius 1 is 1.12 bits per heavy atom. The van der Waals surface area contributed by atoms with Gasteiger partial charge >= 0.3 is 12.3 Å². The molecular weight excluding hydrogens is 663 g/mol. The third-order valence-electron chi connectivity index (χ3n) is 7.30. The van der Waals surface area contributed by atoms with Crippen molar-refractivity contribution in [3.05, 3.63) is 77.3 Å². The highest BCUT2D eigenvalue weighted by atomic mass is 28.3. The van der Waals surface area contributed by atoms with Crippen LogP contribution in [-0.2, 0) is 26.5 Å². The van der Waals surface area contributed by atoms with Gasteiger partial charge in [-0.05, 0) is 24.2 Å². The van der Waals surface area contributed by atoms with E-state index in [1.165, 1.54) is 42.7 Å². The maximum Gasteiger partial charge on any atom is 0.417 e. The van der Waals surface area contributed by atoms with E-state index in [0.29, 0.717) is 17.8 Å². The second-order valence-corrected chi connectivity index (χ2v) is 18.0. The first-order chi connectivity index (χ1) is 22.7. The zero-order valence-electron chi connectivity index (χ0n) is 26.2. The van der Waals surface area contributed by atoms with Gasteiger partial charge in [-0.25, -0.2) is 18.6 Å². The molecule has 0 saturated carbocycles. The summed E-state index contributed by atoms with van der Waals surface area (Å²) in [6.07, 6.45) is -2.84. The molecule has 2 aromatic heterocycles. The number of carbonyl (C=O) groups excluding carboxylic acids is 1. The third kappa shape index (κ3) is 8.47. The molecule has 3 N–H and O–H groups in total. The highest BCUT2D eigenvalue weighted by Gasteiger charge is 2.47. The first-order valence-electron chi connectivity index (χ1n) is 14.7. The van der Waals surface area contributed by atoms with Crippen LogP contribution in [0.15, 0.2) is 54.9 Å². The van der Waals surface area contributed by atoms with Crippen molar-refractivity contribution in [2.45, 2.75) is 44.2 Å². The lowest BCUT2D eigenvalue weighted by Gasteiger charge is -2.41. The van der Waals surface area contributed by atoms with E-state index in [4.69, 9.17) is 23.7 Å². The molecule has 5 rings (SSSR count).